The van der Waals surface area contributed by atoms with E-state index in [0.29, 0.717) is 22.5 Å². The van der Waals surface area contributed by atoms with Gasteiger partial charge >= 0.3 is 0 Å². The molecule has 31 heavy (non-hydrogen) atoms. The van der Waals surface area contributed by atoms with Crippen molar-refractivity contribution >= 4 is 17.4 Å². The first-order chi connectivity index (χ1) is 15.0. The molecule has 0 radical (unpaired) electrons. The number of pyridine rings is 3. The Morgan fingerprint density at radius 1 is 1.26 bits per heavy atom. The van der Waals surface area contributed by atoms with Crippen LogP contribution in [0, 0.1) is 0 Å². The van der Waals surface area contributed by atoms with Gasteiger partial charge in [-0.3, -0.25) is 19.1 Å². The van der Waals surface area contributed by atoms with E-state index in [1.54, 1.807) is 24.3 Å². The third-order valence-electron chi connectivity index (χ3n) is 5.22. The third kappa shape index (κ3) is 4.98. The molecule has 8 nitrogen and oxygen atoms in total. The Hall–Kier alpha value is -3.10. The quantitative estimate of drug-likeness (QED) is 0.584. The van der Waals surface area contributed by atoms with E-state index in [-0.39, 0.29) is 23.4 Å². The minimum absolute atomic E-state index is 0.208. The molecule has 1 aliphatic rings. The molecular formula is C22H24ClN5O3. The van der Waals surface area contributed by atoms with Gasteiger partial charge in [0.2, 0.25) is 0 Å². The van der Waals surface area contributed by atoms with Crippen molar-refractivity contribution in [2.24, 2.45) is 0 Å². The maximum atomic E-state index is 12.7. The summed E-state index contributed by atoms with van der Waals surface area (Å²) in [6.07, 6.45) is 4.11. The lowest BCUT2D eigenvalue weighted by atomic mass is 10.3. The van der Waals surface area contributed by atoms with E-state index in [4.69, 9.17) is 16.3 Å². The van der Waals surface area contributed by atoms with Crippen molar-refractivity contribution in [2.75, 3.05) is 24.5 Å². The van der Waals surface area contributed by atoms with Crippen molar-refractivity contribution in [1.82, 2.24) is 19.9 Å². The van der Waals surface area contributed by atoms with E-state index in [1.807, 2.05) is 6.07 Å². The summed E-state index contributed by atoms with van der Waals surface area (Å²) < 4.78 is 6.94. The van der Waals surface area contributed by atoms with Crippen LogP contribution in [0.15, 0.2) is 58.4 Å². The molecule has 9 heteroatoms. The predicted molar refractivity (Wildman–Crippen MR) is 121 cm³/mol. The predicted octanol–water partition coefficient (Wildman–Crippen LogP) is 2.34. The van der Waals surface area contributed by atoms with E-state index in [0.717, 1.165) is 31.9 Å². The number of H-pyrrole nitrogens is 1. The lowest BCUT2D eigenvalue weighted by Crippen LogP contribution is -2.33. The number of hydrogen-bond acceptors (Lipinski definition) is 6. The number of nitrogens with one attached hydrogen (secondary N) is 2. The summed E-state index contributed by atoms with van der Waals surface area (Å²) >= 11 is 5.82. The maximum Gasteiger partial charge on any atom is 0.273 e. The molecule has 3 aromatic heterocycles. The summed E-state index contributed by atoms with van der Waals surface area (Å²) in [5.74, 6) is 1.16. The van der Waals surface area contributed by atoms with Gasteiger partial charge < -0.3 is 19.9 Å². The molecule has 3 aromatic rings. The third-order valence-corrected chi connectivity index (χ3v) is 5.44. The van der Waals surface area contributed by atoms with Crippen molar-refractivity contribution in [1.29, 1.82) is 0 Å². The van der Waals surface area contributed by atoms with Crippen molar-refractivity contribution in [3.63, 3.8) is 0 Å². The highest BCUT2D eigenvalue weighted by Gasteiger charge is 2.22. The maximum absolute atomic E-state index is 12.7. The van der Waals surface area contributed by atoms with Crippen LogP contribution >= 0.6 is 11.6 Å². The number of ether oxygens (including phenoxy) is 1. The standard InChI is InChI=1S/C22H24ClN5O3/c1-2-24-16-7-9-27(13-16)20-6-5-19(22(30)26-20)28-10-8-18(11-21(28)29)31-14-17-4-3-15(23)12-25-17/h3-6,8,10-12,16,24H,2,7,9,13-14H2,1H3,(H,26,30)/t16-/m0/s1. The van der Waals surface area contributed by atoms with Crippen LogP contribution < -0.4 is 26.1 Å². The number of rotatable bonds is 7. The highest BCUT2D eigenvalue weighted by molar-refractivity contribution is 6.30. The summed E-state index contributed by atoms with van der Waals surface area (Å²) in [7, 11) is 0. The number of halogens is 1. The molecule has 0 spiro atoms. The molecule has 2 N–H and O–H groups in total. The Morgan fingerprint density at radius 2 is 2.13 bits per heavy atom. The van der Waals surface area contributed by atoms with Gasteiger partial charge in [0, 0.05) is 37.6 Å². The SMILES string of the molecule is CCN[C@H]1CCN(c2ccc(-n3ccc(OCc4ccc(Cl)cn4)cc3=O)c(=O)[nH]2)C1. The molecular weight excluding hydrogens is 418 g/mol. The number of aromatic amines is 1. The first-order valence-electron chi connectivity index (χ1n) is 10.2. The van der Waals surface area contributed by atoms with Crippen molar-refractivity contribution < 1.29 is 4.74 Å². The largest absolute Gasteiger partial charge is 0.487 e. The second kappa shape index (κ2) is 9.36. The van der Waals surface area contributed by atoms with E-state index in [9.17, 15) is 9.59 Å². The van der Waals surface area contributed by atoms with E-state index in [1.165, 1.54) is 23.0 Å². The number of aromatic nitrogens is 3. The fourth-order valence-corrected chi connectivity index (χ4v) is 3.77. The Bertz CT molecular complexity index is 1160. The number of likely N-dealkylation sites (N-methyl/N-ethyl adjacent to an activating group) is 1. The van der Waals surface area contributed by atoms with Crippen molar-refractivity contribution in [3.05, 3.63) is 80.2 Å². The number of nitrogens with zero attached hydrogens (tertiary/aromatic N) is 3. The monoisotopic (exact) mass is 441 g/mol. The molecule has 1 saturated heterocycles. The van der Waals surface area contributed by atoms with Gasteiger partial charge in [-0.05, 0) is 43.3 Å². The fraction of sp³-hybridized carbons (Fsp3) is 0.318. The van der Waals surface area contributed by atoms with Gasteiger partial charge in [0.25, 0.3) is 11.1 Å². The van der Waals surface area contributed by atoms with Crippen LogP contribution in [0.25, 0.3) is 5.69 Å². The molecule has 0 aliphatic carbocycles. The Morgan fingerprint density at radius 3 is 2.84 bits per heavy atom. The average Bonchev–Trinajstić information content (AvgIpc) is 3.23. The van der Waals surface area contributed by atoms with Gasteiger partial charge in [-0.1, -0.05) is 18.5 Å². The van der Waals surface area contributed by atoms with Crippen molar-refractivity contribution in [3.8, 4) is 11.4 Å². The normalized spacial score (nSPS) is 15.9. The molecule has 0 amide bonds. The lowest BCUT2D eigenvalue weighted by molar-refractivity contribution is 0.300. The molecule has 0 saturated carbocycles. The molecule has 162 valence electrons. The molecule has 4 heterocycles. The molecule has 1 atom stereocenters. The summed E-state index contributed by atoms with van der Waals surface area (Å²) in [5.41, 5.74) is 0.291. The number of hydrogen-bond donors (Lipinski definition) is 2. The van der Waals surface area contributed by atoms with Crippen LogP contribution in [0.1, 0.15) is 19.0 Å². The minimum atomic E-state index is -0.354. The first kappa shape index (κ1) is 21.1. The van der Waals surface area contributed by atoms with Gasteiger partial charge in [0.15, 0.2) is 0 Å². The molecule has 4 rings (SSSR count). The van der Waals surface area contributed by atoms with Crippen LogP contribution in [-0.4, -0.2) is 40.2 Å². The fourth-order valence-electron chi connectivity index (χ4n) is 3.66. The highest BCUT2D eigenvalue weighted by atomic mass is 35.5. The molecule has 0 aromatic carbocycles. The van der Waals surface area contributed by atoms with Crippen LogP contribution in [-0.2, 0) is 6.61 Å². The Kier molecular flexibility index (Phi) is 6.39. The summed E-state index contributed by atoms with van der Waals surface area (Å²) in [5, 5.41) is 3.98. The molecule has 0 unspecified atom stereocenters. The molecule has 1 aliphatic heterocycles. The zero-order valence-electron chi connectivity index (χ0n) is 17.2. The topological polar surface area (TPSA) is 92.2 Å². The smallest absolute Gasteiger partial charge is 0.273 e. The van der Waals surface area contributed by atoms with Gasteiger partial charge in [-0.25, -0.2) is 0 Å². The molecule has 1 fully saturated rings. The van der Waals surface area contributed by atoms with Gasteiger partial charge in [0.05, 0.1) is 10.7 Å². The Labute approximate surface area is 184 Å². The minimum Gasteiger partial charge on any atom is -0.487 e. The summed E-state index contributed by atoms with van der Waals surface area (Å²) in [6.45, 7) is 4.94. The molecule has 0 bridgehead atoms. The zero-order valence-corrected chi connectivity index (χ0v) is 17.9. The second-order valence-corrected chi connectivity index (χ2v) is 7.81. The Balaban J connectivity index is 1.47. The van der Waals surface area contributed by atoms with Crippen LogP contribution in [0.2, 0.25) is 5.02 Å². The summed E-state index contributed by atoms with van der Waals surface area (Å²) in [6, 6.07) is 10.4. The zero-order chi connectivity index (χ0) is 21.8. The first-order valence-corrected chi connectivity index (χ1v) is 10.6. The van der Waals surface area contributed by atoms with E-state index >= 15 is 0 Å². The average molecular weight is 442 g/mol. The van der Waals surface area contributed by atoms with E-state index in [2.05, 4.69) is 27.1 Å². The van der Waals surface area contributed by atoms with Crippen LogP contribution in [0.5, 0.6) is 5.75 Å². The second-order valence-electron chi connectivity index (χ2n) is 7.37. The van der Waals surface area contributed by atoms with Crippen molar-refractivity contribution in [2.45, 2.75) is 26.0 Å². The van der Waals surface area contributed by atoms with Gasteiger partial charge in [-0.15, -0.1) is 0 Å². The van der Waals surface area contributed by atoms with Crippen LogP contribution in [0.3, 0.4) is 0 Å². The van der Waals surface area contributed by atoms with Gasteiger partial charge in [-0.2, -0.15) is 0 Å². The van der Waals surface area contributed by atoms with E-state index < -0.39 is 0 Å². The number of anilines is 1. The summed E-state index contributed by atoms with van der Waals surface area (Å²) in [4.78, 5) is 34.5. The lowest BCUT2D eigenvalue weighted by Gasteiger charge is -2.19. The van der Waals surface area contributed by atoms with Gasteiger partial charge in [0.1, 0.15) is 23.9 Å². The van der Waals surface area contributed by atoms with Crippen LogP contribution in [0.4, 0.5) is 5.82 Å². The highest BCUT2D eigenvalue weighted by Crippen LogP contribution is 2.18.